The highest BCUT2D eigenvalue weighted by Crippen LogP contribution is 2.39. The number of nitrogens with zero attached hydrogens (tertiary/aromatic N) is 2. The first-order valence-corrected chi connectivity index (χ1v) is 6.96. The summed E-state index contributed by atoms with van der Waals surface area (Å²) in [5.74, 6) is -0.258. The second-order valence-corrected chi connectivity index (χ2v) is 5.65. The molecule has 7 heteroatoms. The van der Waals surface area contributed by atoms with Crippen LogP contribution in [-0.4, -0.2) is 23.0 Å². The molecule has 1 aliphatic carbocycles. The third kappa shape index (κ3) is 3.52. The number of hydrogen-bond acceptors (Lipinski definition) is 5. The van der Waals surface area contributed by atoms with E-state index in [1.165, 1.54) is 12.1 Å². The van der Waals surface area contributed by atoms with Gasteiger partial charge in [0.25, 0.3) is 5.91 Å². The van der Waals surface area contributed by atoms with Gasteiger partial charge in [-0.2, -0.15) is 5.26 Å². The Morgan fingerprint density at radius 1 is 1.59 bits per heavy atom. The fourth-order valence-electron chi connectivity index (χ4n) is 2.24. The van der Waals surface area contributed by atoms with E-state index in [9.17, 15) is 20.2 Å². The molecule has 1 saturated carbocycles. The van der Waals surface area contributed by atoms with Gasteiger partial charge in [-0.1, -0.05) is 6.07 Å². The van der Waals surface area contributed by atoms with Crippen molar-refractivity contribution in [1.82, 2.24) is 5.32 Å². The number of rotatable bonds is 6. The predicted molar refractivity (Wildman–Crippen MR) is 78.2 cm³/mol. The summed E-state index contributed by atoms with van der Waals surface area (Å²) < 4.78 is 5.27. The maximum absolute atomic E-state index is 11.9. The molecule has 116 valence electrons. The minimum absolute atomic E-state index is 0.0465. The Hall–Kier alpha value is -2.62. The van der Waals surface area contributed by atoms with E-state index in [0.29, 0.717) is 0 Å². The maximum Gasteiger partial charge on any atom is 0.310 e. The highest BCUT2D eigenvalue weighted by Gasteiger charge is 2.43. The summed E-state index contributed by atoms with van der Waals surface area (Å²) in [4.78, 5) is 22.3. The van der Waals surface area contributed by atoms with Crippen molar-refractivity contribution in [1.29, 1.82) is 5.26 Å². The van der Waals surface area contributed by atoms with E-state index in [0.717, 1.165) is 18.4 Å². The van der Waals surface area contributed by atoms with E-state index in [1.807, 2.05) is 0 Å². The van der Waals surface area contributed by atoms with Gasteiger partial charge in [-0.3, -0.25) is 14.9 Å². The molecule has 0 bridgehead atoms. The molecule has 1 unspecified atom stereocenters. The van der Waals surface area contributed by atoms with Crippen molar-refractivity contribution in [2.45, 2.75) is 32.2 Å². The molecule has 1 fully saturated rings. The van der Waals surface area contributed by atoms with Gasteiger partial charge in [0, 0.05) is 6.07 Å². The van der Waals surface area contributed by atoms with Crippen LogP contribution in [0.25, 0.3) is 0 Å². The number of hydrogen-bond donors (Lipinski definition) is 1. The first-order chi connectivity index (χ1) is 10.4. The van der Waals surface area contributed by atoms with Gasteiger partial charge in [0.2, 0.25) is 0 Å². The average molecular weight is 303 g/mol. The lowest BCUT2D eigenvalue weighted by molar-refractivity contribution is -0.385. The summed E-state index contributed by atoms with van der Waals surface area (Å²) in [5, 5.41) is 22.8. The van der Waals surface area contributed by atoms with Crippen LogP contribution in [0.1, 0.15) is 25.3 Å². The number of benzene rings is 1. The van der Waals surface area contributed by atoms with E-state index in [-0.39, 0.29) is 24.0 Å². The van der Waals surface area contributed by atoms with Gasteiger partial charge < -0.3 is 10.1 Å². The molecule has 1 atom stereocenters. The van der Waals surface area contributed by atoms with Crippen molar-refractivity contribution < 1.29 is 14.5 Å². The van der Waals surface area contributed by atoms with Gasteiger partial charge in [0.1, 0.15) is 5.54 Å². The summed E-state index contributed by atoms with van der Waals surface area (Å²) >= 11 is 0. The lowest BCUT2D eigenvalue weighted by Crippen LogP contribution is -2.48. The summed E-state index contributed by atoms with van der Waals surface area (Å²) in [5.41, 5.74) is -0.302. The lowest BCUT2D eigenvalue weighted by atomic mass is 9.98. The molecule has 1 aromatic rings. The Labute approximate surface area is 128 Å². The Kier molecular flexibility index (Phi) is 4.31. The molecule has 7 nitrogen and oxygen atoms in total. The molecule has 1 amide bonds. The van der Waals surface area contributed by atoms with E-state index >= 15 is 0 Å². The Morgan fingerprint density at radius 2 is 2.27 bits per heavy atom. The highest BCUT2D eigenvalue weighted by molar-refractivity contribution is 5.79. The van der Waals surface area contributed by atoms with Crippen molar-refractivity contribution in [3.8, 4) is 11.8 Å². The largest absolute Gasteiger partial charge is 0.477 e. The molecule has 0 aromatic heterocycles. The van der Waals surface area contributed by atoms with Crippen LogP contribution < -0.4 is 10.1 Å². The zero-order valence-electron chi connectivity index (χ0n) is 12.5. The van der Waals surface area contributed by atoms with Crippen LogP contribution in [-0.2, 0) is 4.79 Å². The number of nitrogens with one attached hydrogen (secondary N) is 1. The summed E-state index contributed by atoms with van der Waals surface area (Å²) in [6.07, 6.45) is 1.82. The molecule has 0 saturated heterocycles. The van der Waals surface area contributed by atoms with Gasteiger partial charge >= 0.3 is 5.69 Å². The summed E-state index contributed by atoms with van der Waals surface area (Å²) in [6.45, 7) is 3.09. The Bertz CT molecular complexity index is 649. The Morgan fingerprint density at radius 3 is 2.82 bits per heavy atom. The van der Waals surface area contributed by atoms with Gasteiger partial charge in [0.05, 0.1) is 11.0 Å². The van der Waals surface area contributed by atoms with Crippen molar-refractivity contribution in [2.24, 2.45) is 5.92 Å². The smallest absolute Gasteiger partial charge is 0.310 e. The minimum atomic E-state index is -0.904. The number of carbonyl (C=O) groups is 1. The first kappa shape index (κ1) is 15.8. The topological polar surface area (TPSA) is 105 Å². The summed E-state index contributed by atoms with van der Waals surface area (Å²) in [6, 6.07) is 6.56. The minimum Gasteiger partial charge on any atom is -0.477 e. The normalized spacial score (nSPS) is 16.2. The molecule has 1 aromatic carbocycles. The fourth-order valence-corrected chi connectivity index (χ4v) is 2.24. The van der Waals surface area contributed by atoms with E-state index < -0.39 is 16.4 Å². The van der Waals surface area contributed by atoms with E-state index in [2.05, 4.69) is 11.4 Å². The number of aryl methyl sites for hydroxylation is 1. The number of ether oxygens (including phenoxy) is 1. The van der Waals surface area contributed by atoms with E-state index in [4.69, 9.17) is 4.74 Å². The zero-order chi connectivity index (χ0) is 16.3. The maximum atomic E-state index is 11.9. The van der Waals surface area contributed by atoms with Crippen LogP contribution in [0.5, 0.6) is 5.75 Å². The molecule has 22 heavy (non-hydrogen) atoms. The van der Waals surface area contributed by atoms with Gasteiger partial charge in [-0.05, 0) is 44.2 Å². The quantitative estimate of drug-likeness (QED) is 0.640. The average Bonchev–Trinajstić information content (AvgIpc) is 3.29. The van der Waals surface area contributed by atoms with Crippen LogP contribution >= 0.6 is 0 Å². The summed E-state index contributed by atoms with van der Waals surface area (Å²) in [7, 11) is 0. The molecule has 2 rings (SSSR count). The number of amides is 1. The Balaban J connectivity index is 2.01. The van der Waals surface area contributed by atoms with Crippen LogP contribution in [0, 0.1) is 34.3 Å². The van der Waals surface area contributed by atoms with Crippen LogP contribution in [0.2, 0.25) is 0 Å². The highest BCUT2D eigenvalue weighted by atomic mass is 16.6. The third-order valence-corrected chi connectivity index (χ3v) is 3.70. The van der Waals surface area contributed by atoms with Crippen LogP contribution in [0.15, 0.2) is 18.2 Å². The number of nitro groups is 1. The van der Waals surface area contributed by atoms with Crippen molar-refractivity contribution in [2.75, 3.05) is 6.61 Å². The molecular formula is C15H17N3O4. The second kappa shape index (κ2) is 6.02. The molecule has 0 spiro atoms. The van der Waals surface area contributed by atoms with Crippen molar-refractivity contribution in [3.63, 3.8) is 0 Å². The molecule has 0 aliphatic heterocycles. The van der Waals surface area contributed by atoms with Crippen molar-refractivity contribution >= 4 is 11.6 Å². The van der Waals surface area contributed by atoms with Gasteiger partial charge in [-0.25, -0.2) is 0 Å². The number of nitriles is 1. The van der Waals surface area contributed by atoms with Gasteiger partial charge in [-0.15, -0.1) is 0 Å². The molecule has 0 radical (unpaired) electrons. The standard InChI is InChI=1S/C15H17N3O4/c1-10-3-6-12(18(20)21)13(7-10)22-8-14(19)17-15(2,9-16)11-4-5-11/h3,6-7,11H,4-5,8H2,1-2H3,(H,17,19). The van der Waals surface area contributed by atoms with Crippen molar-refractivity contribution in [3.05, 3.63) is 33.9 Å². The van der Waals surface area contributed by atoms with Crippen LogP contribution in [0.3, 0.4) is 0 Å². The third-order valence-electron chi connectivity index (χ3n) is 3.70. The molecule has 1 N–H and O–H groups in total. The molecular weight excluding hydrogens is 286 g/mol. The molecule has 1 aliphatic rings. The lowest BCUT2D eigenvalue weighted by Gasteiger charge is -2.22. The monoisotopic (exact) mass is 303 g/mol. The zero-order valence-corrected chi connectivity index (χ0v) is 12.5. The first-order valence-electron chi connectivity index (χ1n) is 6.96. The molecule has 0 heterocycles. The SMILES string of the molecule is Cc1ccc([N+](=O)[O-])c(OCC(=O)NC(C)(C#N)C2CC2)c1. The van der Waals surface area contributed by atoms with E-state index in [1.54, 1.807) is 19.9 Å². The fraction of sp³-hybridized carbons (Fsp3) is 0.467. The predicted octanol–water partition coefficient (Wildman–Crippen LogP) is 2.09. The number of carbonyl (C=O) groups excluding carboxylic acids is 1. The van der Waals surface area contributed by atoms with Crippen LogP contribution in [0.4, 0.5) is 5.69 Å². The van der Waals surface area contributed by atoms with Gasteiger partial charge in [0.15, 0.2) is 12.4 Å². The number of nitro benzene ring substituents is 1. The second-order valence-electron chi connectivity index (χ2n) is 5.65.